The van der Waals surface area contributed by atoms with Crippen molar-refractivity contribution in [1.29, 1.82) is 0 Å². The van der Waals surface area contributed by atoms with Crippen molar-refractivity contribution < 1.29 is 4.79 Å². The third-order valence-corrected chi connectivity index (χ3v) is 3.61. The molecule has 1 aromatic carbocycles. The Hall–Kier alpha value is -1.14. The number of rotatable bonds is 5. The molecule has 0 aliphatic carbocycles. The second kappa shape index (κ2) is 9.73. The molecule has 7 heteroatoms. The molecule has 0 bridgehead atoms. The smallest absolute Gasteiger partial charge is 0.240 e. The van der Waals surface area contributed by atoms with Gasteiger partial charge in [-0.25, -0.2) is 4.98 Å². The van der Waals surface area contributed by atoms with E-state index in [1.54, 1.807) is 0 Å². The zero-order valence-corrected chi connectivity index (χ0v) is 14.3. The molecule has 1 heterocycles. The monoisotopic (exact) mass is 347 g/mol. The van der Waals surface area contributed by atoms with Crippen molar-refractivity contribution in [3.05, 3.63) is 47.0 Å². The molecular weight excluding hydrogens is 329 g/mol. The van der Waals surface area contributed by atoms with E-state index in [-0.39, 0.29) is 43.3 Å². The predicted octanol–water partition coefficient (Wildman–Crippen LogP) is 3.58. The third-order valence-electron chi connectivity index (χ3n) is 2.73. The molecule has 2 aromatic rings. The van der Waals surface area contributed by atoms with Gasteiger partial charge < -0.3 is 10.6 Å². The molecule has 1 aromatic heterocycles. The molecular formula is C14H19Cl2N3OS. The van der Waals surface area contributed by atoms with E-state index in [0.29, 0.717) is 5.13 Å². The van der Waals surface area contributed by atoms with Crippen molar-refractivity contribution in [3.8, 4) is 0 Å². The van der Waals surface area contributed by atoms with E-state index in [9.17, 15) is 4.79 Å². The van der Waals surface area contributed by atoms with Crippen molar-refractivity contribution >= 4 is 47.2 Å². The Bertz CT molecular complexity index is 548. The highest BCUT2D eigenvalue weighted by molar-refractivity contribution is 7.13. The van der Waals surface area contributed by atoms with Crippen LogP contribution in [0.3, 0.4) is 0 Å². The predicted molar refractivity (Wildman–Crippen MR) is 92.8 cm³/mol. The fourth-order valence-corrected chi connectivity index (χ4v) is 2.38. The normalized spacial score (nSPS) is 11.0. The van der Waals surface area contributed by atoms with Gasteiger partial charge in [0.05, 0.1) is 12.2 Å². The summed E-state index contributed by atoms with van der Waals surface area (Å²) < 4.78 is 0. The van der Waals surface area contributed by atoms with E-state index in [4.69, 9.17) is 0 Å². The Morgan fingerprint density at radius 2 is 1.95 bits per heavy atom. The molecule has 2 N–H and O–H groups in total. The number of nitrogens with zero attached hydrogens (tertiary/aromatic N) is 1. The summed E-state index contributed by atoms with van der Waals surface area (Å²) in [6.45, 7) is 4.22. The molecule has 21 heavy (non-hydrogen) atoms. The highest BCUT2D eigenvalue weighted by atomic mass is 35.5. The molecule has 0 fully saturated rings. The summed E-state index contributed by atoms with van der Waals surface area (Å²) in [6.07, 6.45) is 0. The summed E-state index contributed by atoms with van der Waals surface area (Å²) in [4.78, 5) is 15.9. The number of hydrogen-bond donors (Lipinski definition) is 2. The number of amides is 1. The number of benzene rings is 1. The van der Waals surface area contributed by atoms with E-state index in [1.807, 2.05) is 49.6 Å². The van der Waals surface area contributed by atoms with Gasteiger partial charge in [0.1, 0.15) is 0 Å². The molecule has 0 aliphatic rings. The van der Waals surface area contributed by atoms with Gasteiger partial charge in [-0.1, -0.05) is 30.3 Å². The number of nitrogens with one attached hydrogen (secondary N) is 2. The highest BCUT2D eigenvalue weighted by Gasteiger charge is 2.08. The maximum absolute atomic E-state index is 11.8. The number of aryl methyl sites for hydroxylation is 1. The summed E-state index contributed by atoms with van der Waals surface area (Å²) in [5.74, 6) is -0.0721. The van der Waals surface area contributed by atoms with E-state index in [1.165, 1.54) is 16.9 Å². The van der Waals surface area contributed by atoms with Gasteiger partial charge in [-0.05, 0) is 19.4 Å². The average molecular weight is 348 g/mol. The van der Waals surface area contributed by atoms with Crippen LogP contribution >= 0.6 is 36.2 Å². The van der Waals surface area contributed by atoms with Gasteiger partial charge in [-0.15, -0.1) is 36.2 Å². The minimum Gasteiger partial charge on any atom is -0.302 e. The number of carbonyl (C=O) groups is 1. The Morgan fingerprint density at radius 3 is 2.52 bits per heavy atom. The van der Waals surface area contributed by atoms with Crippen LogP contribution in [-0.4, -0.2) is 17.4 Å². The summed E-state index contributed by atoms with van der Waals surface area (Å²) >= 11 is 1.44. The Labute approximate surface area is 141 Å². The first-order valence-corrected chi connectivity index (χ1v) is 7.03. The first-order chi connectivity index (χ1) is 9.15. The SMILES string of the molecule is Cc1csc(NC(=O)CNC(C)c2ccccc2)n1.Cl.Cl. The molecule has 2 rings (SSSR count). The number of carbonyl (C=O) groups excluding carboxylic acids is 1. The number of halogens is 2. The molecule has 1 atom stereocenters. The molecule has 0 aliphatic heterocycles. The number of aromatic nitrogens is 1. The van der Waals surface area contributed by atoms with Crippen LogP contribution in [0.1, 0.15) is 24.2 Å². The molecule has 116 valence electrons. The van der Waals surface area contributed by atoms with Crippen molar-refractivity contribution in [1.82, 2.24) is 10.3 Å². The Balaban J connectivity index is 0.00000200. The summed E-state index contributed by atoms with van der Waals surface area (Å²) in [5.41, 5.74) is 2.09. The van der Waals surface area contributed by atoms with E-state index in [2.05, 4.69) is 15.6 Å². The van der Waals surface area contributed by atoms with Crippen molar-refractivity contribution in [3.63, 3.8) is 0 Å². The van der Waals surface area contributed by atoms with Crippen molar-refractivity contribution in [2.45, 2.75) is 19.9 Å². The van der Waals surface area contributed by atoms with Gasteiger partial charge in [0, 0.05) is 11.4 Å². The number of thiazole rings is 1. The first kappa shape index (κ1) is 19.9. The van der Waals surface area contributed by atoms with Crippen LogP contribution in [0, 0.1) is 6.92 Å². The van der Waals surface area contributed by atoms with Gasteiger partial charge in [0.15, 0.2) is 5.13 Å². The summed E-state index contributed by atoms with van der Waals surface area (Å²) in [7, 11) is 0. The lowest BCUT2D eigenvalue weighted by molar-refractivity contribution is -0.115. The zero-order chi connectivity index (χ0) is 13.7. The second-order valence-corrected chi connectivity index (χ2v) is 5.21. The Morgan fingerprint density at radius 1 is 1.29 bits per heavy atom. The lowest BCUT2D eigenvalue weighted by Gasteiger charge is -2.13. The van der Waals surface area contributed by atoms with Crippen LogP contribution in [0.2, 0.25) is 0 Å². The van der Waals surface area contributed by atoms with Crippen LogP contribution < -0.4 is 10.6 Å². The number of hydrogen-bond acceptors (Lipinski definition) is 4. The standard InChI is InChI=1S/C14H17N3OS.2ClH/c1-10-9-19-14(16-10)17-13(18)8-15-11(2)12-6-4-3-5-7-12;;/h3-7,9,11,15H,8H2,1-2H3,(H,16,17,18);2*1H. The van der Waals surface area contributed by atoms with E-state index in [0.717, 1.165) is 5.69 Å². The lowest BCUT2D eigenvalue weighted by atomic mass is 10.1. The van der Waals surface area contributed by atoms with Crippen molar-refractivity contribution in [2.24, 2.45) is 0 Å². The van der Waals surface area contributed by atoms with Gasteiger partial charge in [0.2, 0.25) is 5.91 Å². The summed E-state index contributed by atoms with van der Waals surface area (Å²) in [6, 6.07) is 10.2. The molecule has 4 nitrogen and oxygen atoms in total. The maximum Gasteiger partial charge on any atom is 0.240 e. The third kappa shape index (κ3) is 6.44. The van der Waals surface area contributed by atoms with Crippen LogP contribution in [0.4, 0.5) is 5.13 Å². The highest BCUT2D eigenvalue weighted by Crippen LogP contribution is 2.14. The van der Waals surface area contributed by atoms with Crippen molar-refractivity contribution in [2.75, 3.05) is 11.9 Å². The first-order valence-electron chi connectivity index (χ1n) is 6.15. The largest absolute Gasteiger partial charge is 0.302 e. The quantitative estimate of drug-likeness (QED) is 0.868. The average Bonchev–Trinajstić information content (AvgIpc) is 2.82. The molecule has 0 saturated carbocycles. The van der Waals surface area contributed by atoms with E-state index < -0.39 is 0 Å². The van der Waals surface area contributed by atoms with Gasteiger partial charge in [0.25, 0.3) is 0 Å². The lowest BCUT2D eigenvalue weighted by Crippen LogP contribution is -2.30. The second-order valence-electron chi connectivity index (χ2n) is 4.36. The zero-order valence-electron chi connectivity index (χ0n) is 11.8. The number of anilines is 1. The van der Waals surface area contributed by atoms with E-state index >= 15 is 0 Å². The minimum atomic E-state index is -0.0721. The van der Waals surface area contributed by atoms with Crippen LogP contribution in [-0.2, 0) is 4.79 Å². The fraction of sp³-hybridized carbons (Fsp3) is 0.286. The molecule has 0 radical (unpaired) electrons. The van der Waals surface area contributed by atoms with Crippen LogP contribution in [0.25, 0.3) is 0 Å². The van der Waals surface area contributed by atoms with Crippen LogP contribution in [0.5, 0.6) is 0 Å². The maximum atomic E-state index is 11.8. The summed E-state index contributed by atoms with van der Waals surface area (Å²) in [5, 5.41) is 8.53. The van der Waals surface area contributed by atoms with Gasteiger partial charge >= 0.3 is 0 Å². The molecule has 0 spiro atoms. The van der Waals surface area contributed by atoms with Gasteiger partial charge in [-0.2, -0.15) is 0 Å². The Kier molecular flexibility index (Phi) is 9.21. The molecule has 0 saturated heterocycles. The molecule has 1 unspecified atom stereocenters. The minimum absolute atomic E-state index is 0. The topological polar surface area (TPSA) is 54.0 Å². The van der Waals surface area contributed by atoms with Gasteiger partial charge in [-0.3, -0.25) is 4.79 Å². The fourth-order valence-electron chi connectivity index (χ4n) is 1.68. The van der Waals surface area contributed by atoms with Crippen LogP contribution in [0.15, 0.2) is 35.7 Å². The molecule has 1 amide bonds.